The smallest absolute Gasteiger partial charge is 0.335 e. The molecule has 4 heteroatoms. The number of thioether (sulfide) groups is 1. The molecule has 0 aliphatic carbocycles. The van der Waals surface area contributed by atoms with Crippen molar-refractivity contribution in [1.82, 2.24) is 4.90 Å². The summed E-state index contributed by atoms with van der Waals surface area (Å²) in [7, 11) is 0. The van der Waals surface area contributed by atoms with E-state index in [1.165, 1.54) is 32.4 Å². The molecule has 1 saturated heterocycles. The second-order valence-electron chi connectivity index (χ2n) is 4.96. The molecule has 0 atom stereocenters. The minimum Gasteiger partial charge on any atom is -0.478 e. The van der Waals surface area contributed by atoms with Crippen LogP contribution in [0.2, 0.25) is 0 Å². The van der Waals surface area contributed by atoms with Crippen LogP contribution in [0.5, 0.6) is 0 Å². The number of carbonyl (C=O) groups is 1. The number of carboxylic acid groups (broad SMARTS) is 1. The summed E-state index contributed by atoms with van der Waals surface area (Å²) < 4.78 is 0. The molecule has 19 heavy (non-hydrogen) atoms. The van der Waals surface area contributed by atoms with Crippen LogP contribution >= 0.6 is 11.8 Å². The van der Waals surface area contributed by atoms with Crippen LogP contribution in [0.15, 0.2) is 24.3 Å². The van der Waals surface area contributed by atoms with E-state index in [0.29, 0.717) is 5.56 Å². The van der Waals surface area contributed by atoms with Crippen LogP contribution < -0.4 is 0 Å². The number of carboxylic acids is 1. The minimum absolute atomic E-state index is 0.383. The summed E-state index contributed by atoms with van der Waals surface area (Å²) in [6.45, 7) is 3.65. The van der Waals surface area contributed by atoms with Crippen LogP contribution in [0, 0.1) is 0 Å². The number of likely N-dealkylation sites (tertiary alicyclic amines) is 1. The van der Waals surface area contributed by atoms with Crippen LogP contribution in [0.4, 0.5) is 0 Å². The zero-order valence-electron chi connectivity index (χ0n) is 11.2. The lowest BCUT2D eigenvalue weighted by atomic mass is 10.1. The normalized spacial score (nSPS) is 16.4. The molecular weight excluding hydrogens is 258 g/mol. The number of hydrogen-bond acceptors (Lipinski definition) is 3. The lowest BCUT2D eigenvalue weighted by Crippen LogP contribution is -2.31. The fourth-order valence-corrected chi connectivity index (χ4v) is 3.31. The van der Waals surface area contributed by atoms with Gasteiger partial charge in [-0.25, -0.2) is 4.79 Å². The molecule has 2 rings (SSSR count). The first-order chi connectivity index (χ1) is 9.25. The van der Waals surface area contributed by atoms with Crippen molar-refractivity contribution in [2.75, 3.05) is 25.4 Å². The summed E-state index contributed by atoms with van der Waals surface area (Å²) in [5.41, 5.74) is 1.48. The van der Waals surface area contributed by atoms with Crippen molar-refractivity contribution in [2.45, 2.75) is 25.0 Å². The number of nitrogens with zero attached hydrogens (tertiary/aromatic N) is 1. The Balaban J connectivity index is 1.70. The molecule has 0 unspecified atom stereocenters. The summed E-state index contributed by atoms with van der Waals surface area (Å²) in [5.74, 6) is 1.17. The van der Waals surface area contributed by atoms with Crippen LogP contribution in [0.1, 0.15) is 35.2 Å². The fourth-order valence-electron chi connectivity index (χ4n) is 2.36. The molecule has 3 nitrogen and oxygen atoms in total. The third kappa shape index (κ3) is 4.88. The summed E-state index contributed by atoms with van der Waals surface area (Å²) in [5, 5.41) is 8.94. The number of rotatable bonds is 6. The van der Waals surface area contributed by atoms with Gasteiger partial charge in [-0.05, 0) is 43.6 Å². The van der Waals surface area contributed by atoms with Gasteiger partial charge in [0.05, 0.1) is 5.56 Å². The highest BCUT2D eigenvalue weighted by Crippen LogP contribution is 2.15. The average Bonchev–Trinajstić information content (AvgIpc) is 2.45. The Bertz CT molecular complexity index is 416. The SMILES string of the molecule is O=C(O)c1cccc(CSCCN2CCCCC2)c1. The number of hydrogen-bond donors (Lipinski definition) is 1. The van der Waals surface area contributed by atoms with E-state index in [9.17, 15) is 4.79 Å². The number of aromatic carboxylic acids is 1. The molecule has 0 aromatic heterocycles. The van der Waals surface area contributed by atoms with Crippen molar-refractivity contribution in [1.29, 1.82) is 0 Å². The Morgan fingerprint density at radius 1 is 1.26 bits per heavy atom. The summed E-state index contributed by atoms with van der Waals surface area (Å²) >= 11 is 1.89. The molecule has 1 N–H and O–H groups in total. The predicted molar refractivity (Wildman–Crippen MR) is 79.9 cm³/mol. The van der Waals surface area contributed by atoms with Gasteiger partial charge in [-0.3, -0.25) is 0 Å². The molecule has 0 saturated carbocycles. The molecule has 0 radical (unpaired) electrons. The molecule has 1 fully saturated rings. The first-order valence-corrected chi connectivity index (χ1v) is 8.03. The third-order valence-electron chi connectivity index (χ3n) is 3.44. The van der Waals surface area contributed by atoms with Crippen LogP contribution in [-0.4, -0.2) is 41.4 Å². The fraction of sp³-hybridized carbons (Fsp3) is 0.533. The Labute approximate surface area is 119 Å². The first kappa shape index (κ1) is 14.4. The largest absolute Gasteiger partial charge is 0.478 e. The van der Waals surface area contributed by atoms with Crippen LogP contribution in [0.3, 0.4) is 0 Å². The minimum atomic E-state index is -0.847. The molecule has 1 aromatic rings. The van der Waals surface area contributed by atoms with Crippen molar-refractivity contribution >= 4 is 17.7 Å². The maximum Gasteiger partial charge on any atom is 0.335 e. The van der Waals surface area contributed by atoms with Gasteiger partial charge in [-0.15, -0.1) is 0 Å². The highest BCUT2D eigenvalue weighted by molar-refractivity contribution is 7.98. The molecular formula is C15H21NO2S. The van der Waals surface area contributed by atoms with E-state index in [2.05, 4.69) is 4.90 Å². The summed E-state index contributed by atoms with van der Waals surface area (Å²) in [4.78, 5) is 13.4. The van der Waals surface area contributed by atoms with E-state index in [4.69, 9.17) is 5.11 Å². The monoisotopic (exact) mass is 279 g/mol. The van der Waals surface area contributed by atoms with Crippen molar-refractivity contribution in [3.63, 3.8) is 0 Å². The first-order valence-electron chi connectivity index (χ1n) is 6.88. The van der Waals surface area contributed by atoms with E-state index in [-0.39, 0.29) is 0 Å². The Kier molecular flexibility index (Phi) is 5.73. The summed E-state index contributed by atoms with van der Waals surface area (Å²) in [6.07, 6.45) is 4.06. The quantitative estimate of drug-likeness (QED) is 0.812. The highest BCUT2D eigenvalue weighted by Gasteiger charge is 2.09. The van der Waals surface area contributed by atoms with Crippen molar-refractivity contribution in [3.05, 3.63) is 35.4 Å². The van der Waals surface area contributed by atoms with Gasteiger partial charge in [0.2, 0.25) is 0 Å². The second kappa shape index (κ2) is 7.56. The maximum atomic E-state index is 10.9. The Morgan fingerprint density at radius 3 is 2.79 bits per heavy atom. The van der Waals surface area contributed by atoms with Crippen LogP contribution in [-0.2, 0) is 5.75 Å². The van der Waals surface area contributed by atoms with Gasteiger partial charge < -0.3 is 10.0 Å². The molecule has 1 aromatic carbocycles. The lowest BCUT2D eigenvalue weighted by molar-refractivity contribution is 0.0697. The molecule has 0 amide bonds. The molecule has 1 aliphatic heterocycles. The van der Waals surface area contributed by atoms with Gasteiger partial charge >= 0.3 is 5.97 Å². The van der Waals surface area contributed by atoms with Gasteiger partial charge in [0, 0.05) is 18.1 Å². The number of benzene rings is 1. The molecule has 0 bridgehead atoms. The number of piperidine rings is 1. The molecule has 104 valence electrons. The zero-order valence-corrected chi connectivity index (χ0v) is 12.0. The Hall–Kier alpha value is -1.00. The van der Waals surface area contributed by atoms with Gasteiger partial charge in [-0.1, -0.05) is 18.6 Å². The van der Waals surface area contributed by atoms with E-state index in [1.54, 1.807) is 12.1 Å². The van der Waals surface area contributed by atoms with E-state index in [0.717, 1.165) is 23.6 Å². The predicted octanol–water partition coefficient (Wildman–Crippen LogP) is 3.10. The Morgan fingerprint density at radius 2 is 2.05 bits per heavy atom. The van der Waals surface area contributed by atoms with Gasteiger partial charge in [0.1, 0.15) is 0 Å². The maximum absolute atomic E-state index is 10.9. The molecule has 0 spiro atoms. The van der Waals surface area contributed by atoms with Gasteiger partial charge in [-0.2, -0.15) is 11.8 Å². The van der Waals surface area contributed by atoms with Crippen LogP contribution in [0.25, 0.3) is 0 Å². The zero-order chi connectivity index (χ0) is 13.5. The second-order valence-corrected chi connectivity index (χ2v) is 6.07. The molecule has 1 aliphatic rings. The van der Waals surface area contributed by atoms with E-state index < -0.39 is 5.97 Å². The van der Waals surface area contributed by atoms with Gasteiger partial charge in [0.15, 0.2) is 0 Å². The van der Waals surface area contributed by atoms with Crippen molar-refractivity contribution < 1.29 is 9.90 Å². The average molecular weight is 279 g/mol. The van der Waals surface area contributed by atoms with E-state index >= 15 is 0 Å². The standard InChI is InChI=1S/C15H21NO2S/c17-15(18)14-6-4-5-13(11-14)12-19-10-9-16-7-2-1-3-8-16/h4-6,11H,1-3,7-10,12H2,(H,17,18). The highest BCUT2D eigenvalue weighted by atomic mass is 32.2. The van der Waals surface area contributed by atoms with E-state index in [1.807, 2.05) is 23.9 Å². The molecule has 1 heterocycles. The van der Waals surface area contributed by atoms with Gasteiger partial charge in [0.25, 0.3) is 0 Å². The lowest BCUT2D eigenvalue weighted by Gasteiger charge is -2.26. The summed E-state index contributed by atoms with van der Waals surface area (Å²) in [6, 6.07) is 7.24. The third-order valence-corrected chi connectivity index (χ3v) is 4.45. The topological polar surface area (TPSA) is 40.5 Å². The van der Waals surface area contributed by atoms with Crippen molar-refractivity contribution in [2.24, 2.45) is 0 Å². The van der Waals surface area contributed by atoms with Crippen molar-refractivity contribution in [3.8, 4) is 0 Å².